The molecule has 2 rings (SSSR count). The summed E-state index contributed by atoms with van der Waals surface area (Å²) in [5.74, 6) is -5.27. The third-order valence-corrected chi connectivity index (χ3v) is 6.75. The molecule has 1 aromatic heterocycles. The maximum atomic E-state index is 13.1. The van der Waals surface area contributed by atoms with Crippen molar-refractivity contribution in [3.05, 3.63) is 48.0 Å². The summed E-state index contributed by atoms with van der Waals surface area (Å²) < 4.78 is 0. The number of aromatic amines is 1. The van der Waals surface area contributed by atoms with Crippen LogP contribution in [0.1, 0.15) is 31.5 Å². The number of nitrogens with zero attached hydrogens (tertiary/aromatic N) is 1. The van der Waals surface area contributed by atoms with Crippen LogP contribution in [0.4, 0.5) is 0 Å². The van der Waals surface area contributed by atoms with E-state index < -0.39 is 78.9 Å². The lowest BCUT2D eigenvalue weighted by Gasteiger charge is -2.28. The Kier molecular flexibility index (Phi) is 13.5. The predicted molar refractivity (Wildman–Crippen MR) is 151 cm³/mol. The van der Waals surface area contributed by atoms with Crippen molar-refractivity contribution in [1.29, 1.82) is 0 Å². The number of imidazole rings is 1. The van der Waals surface area contributed by atoms with Crippen LogP contribution in [-0.2, 0) is 36.8 Å². The van der Waals surface area contributed by atoms with Gasteiger partial charge in [0.15, 0.2) is 0 Å². The van der Waals surface area contributed by atoms with Crippen LogP contribution in [0, 0.1) is 5.92 Å². The Bertz CT molecular complexity index is 1220. The van der Waals surface area contributed by atoms with Gasteiger partial charge in [0, 0.05) is 18.3 Å². The molecule has 236 valence electrons. The number of aliphatic carboxylic acids is 1. The Balaban J connectivity index is 2.03. The smallest absolute Gasteiger partial charge is 0.326 e. The van der Waals surface area contributed by atoms with E-state index in [1.54, 1.807) is 26.0 Å². The van der Waals surface area contributed by atoms with E-state index >= 15 is 0 Å². The van der Waals surface area contributed by atoms with Crippen molar-refractivity contribution in [2.45, 2.75) is 63.3 Å². The molecular weight excluding hydrogens is 566 g/mol. The first-order valence-electron chi connectivity index (χ1n) is 13.6. The number of carboxylic acids is 1. The van der Waals surface area contributed by atoms with Gasteiger partial charge in [-0.25, -0.2) is 9.78 Å². The van der Waals surface area contributed by atoms with Gasteiger partial charge in [0.1, 0.15) is 29.9 Å². The minimum absolute atomic E-state index is 0.0344. The first kappa shape index (κ1) is 34.7. The second-order valence-corrected chi connectivity index (χ2v) is 10.0. The molecule has 0 unspecified atom stereocenters. The van der Waals surface area contributed by atoms with Crippen LogP contribution in [0.25, 0.3) is 0 Å². The number of rotatable bonds is 17. The summed E-state index contributed by atoms with van der Waals surface area (Å²) in [4.78, 5) is 69.7. The fraction of sp³-hybridized carbons (Fsp3) is 0.481. The largest absolute Gasteiger partial charge is 0.508 e. The number of carbonyl (C=O) groups is 5. The van der Waals surface area contributed by atoms with Crippen LogP contribution in [0.3, 0.4) is 0 Å². The lowest BCUT2D eigenvalue weighted by molar-refractivity contribution is -0.142. The number of hydrogen-bond acceptors (Lipinski definition) is 10. The maximum absolute atomic E-state index is 13.1. The molecule has 2 aromatic rings. The zero-order valence-electron chi connectivity index (χ0n) is 23.8. The van der Waals surface area contributed by atoms with E-state index in [9.17, 15) is 44.4 Å². The van der Waals surface area contributed by atoms with E-state index in [2.05, 4.69) is 31.2 Å². The third kappa shape index (κ3) is 10.7. The van der Waals surface area contributed by atoms with Crippen LogP contribution in [0.15, 0.2) is 36.8 Å². The molecule has 0 spiro atoms. The summed E-state index contributed by atoms with van der Waals surface area (Å²) >= 11 is 0. The number of benzene rings is 1. The van der Waals surface area contributed by atoms with Crippen LogP contribution in [0.2, 0.25) is 0 Å². The second kappa shape index (κ2) is 16.8. The van der Waals surface area contributed by atoms with Gasteiger partial charge in [-0.2, -0.15) is 0 Å². The number of phenolic OH excluding ortho intramolecular Hbond substituents is 1. The predicted octanol–water partition coefficient (Wildman–Crippen LogP) is -2.72. The van der Waals surface area contributed by atoms with Gasteiger partial charge in [0.25, 0.3) is 0 Å². The zero-order chi connectivity index (χ0) is 32.1. The number of aromatic nitrogens is 2. The molecular formula is C27H39N7O9. The van der Waals surface area contributed by atoms with E-state index in [1.165, 1.54) is 24.7 Å². The van der Waals surface area contributed by atoms with Gasteiger partial charge in [0.2, 0.25) is 23.6 Å². The molecule has 6 atom stereocenters. The highest BCUT2D eigenvalue weighted by Gasteiger charge is 2.33. The normalized spacial score (nSPS) is 15.2. The molecule has 0 aliphatic rings. The summed E-state index contributed by atoms with van der Waals surface area (Å²) in [5, 5.41) is 47.8. The van der Waals surface area contributed by atoms with Crippen LogP contribution in [-0.4, -0.2) is 103 Å². The Labute approximate surface area is 247 Å². The van der Waals surface area contributed by atoms with Gasteiger partial charge in [0.05, 0.1) is 25.6 Å². The van der Waals surface area contributed by atoms with Gasteiger partial charge >= 0.3 is 5.97 Å². The van der Waals surface area contributed by atoms with Crippen molar-refractivity contribution in [1.82, 2.24) is 31.2 Å². The van der Waals surface area contributed by atoms with Crippen molar-refractivity contribution in [3.63, 3.8) is 0 Å². The van der Waals surface area contributed by atoms with Gasteiger partial charge in [-0.1, -0.05) is 32.4 Å². The lowest BCUT2D eigenvalue weighted by atomic mass is 9.97. The Morgan fingerprint density at radius 2 is 1.42 bits per heavy atom. The quantitative estimate of drug-likeness (QED) is 0.0885. The van der Waals surface area contributed by atoms with E-state index in [0.29, 0.717) is 17.7 Å². The van der Waals surface area contributed by atoms with E-state index in [1.807, 2.05) is 0 Å². The molecule has 43 heavy (non-hydrogen) atoms. The van der Waals surface area contributed by atoms with Gasteiger partial charge in [-0.15, -0.1) is 0 Å². The molecule has 0 fully saturated rings. The van der Waals surface area contributed by atoms with Crippen molar-refractivity contribution >= 4 is 29.6 Å². The molecule has 16 nitrogen and oxygen atoms in total. The summed E-state index contributed by atoms with van der Waals surface area (Å²) in [6.45, 7) is 1.66. The van der Waals surface area contributed by atoms with Gasteiger partial charge in [-0.05, 0) is 30.0 Å². The molecule has 1 aromatic carbocycles. The molecule has 0 aliphatic heterocycles. The number of aliphatic hydroxyl groups excluding tert-OH is 2. The molecule has 0 saturated carbocycles. The van der Waals surface area contributed by atoms with E-state index in [4.69, 9.17) is 5.73 Å². The standard InChI is InChI=1S/C27H39N7O9/c1-3-14(2)22(26(41)31-19(27(42)43)9-16-10-29-13-30-16)34-25(40)21(12-36)33-24(39)20(11-35)32-23(38)18(28)8-15-4-6-17(37)7-5-15/h4-7,10,13-14,18-22,35-37H,3,8-9,11-12,28H2,1-2H3,(H,29,30)(H,31,41)(H,32,38)(H,33,39)(H,34,40)(H,42,43)/t14-,18-,19-,20-,21-,22-/m0/s1. The van der Waals surface area contributed by atoms with Gasteiger partial charge < -0.3 is 52.4 Å². The van der Waals surface area contributed by atoms with Gasteiger partial charge in [-0.3, -0.25) is 19.2 Å². The molecule has 11 N–H and O–H groups in total. The first-order chi connectivity index (χ1) is 20.4. The van der Waals surface area contributed by atoms with E-state index in [0.717, 1.165) is 0 Å². The average molecular weight is 606 g/mol. The van der Waals surface area contributed by atoms with Crippen LogP contribution < -0.4 is 27.0 Å². The average Bonchev–Trinajstić information content (AvgIpc) is 3.50. The highest BCUT2D eigenvalue weighted by atomic mass is 16.4. The highest BCUT2D eigenvalue weighted by molar-refractivity contribution is 5.95. The number of aromatic hydroxyl groups is 1. The summed E-state index contributed by atoms with van der Waals surface area (Å²) in [6, 6.07) is -0.792. The highest BCUT2D eigenvalue weighted by Crippen LogP contribution is 2.12. The summed E-state index contributed by atoms with van der Waals surface area (Å²) in [5.41, 5.74) is 7.01. The number of nitrogens with one attached hydrogen (secondary N) is 5. The maximum Gasteiger partial charge on any atom is 0.326 e. The fourth-order valence-corrected chi connectivity index (χ4v) is 3.95. The topological polar surface area (TPSA) is 269 Å². The number of nitrogens with two attached hydrogens (primary N) is 1. The first-order valence-corrected chi connectivity index (χ1v) is 13.6. The Hall–Kier alpha value is -4.54. The molecule has 0 bridgehead atoms. The number of carboxylic acid groups (broad SMARTS) is 1. The molecule has 0 radical (unpaired) electrons. The van der Waals surface area contributed by atoms with Crippen LogP contribution >= 0.6 is 0 Å². The number of phenols is 1. The third-order valence-electron chi connectivity index (χ3n) is 6.75. The van der Waals surface area contributed by atoms with Crippen LogP contribution in [0.5, 0.6) is 5.75 Å². The monoisotopic (exact) mass is 605 g/mol. The summed E-state index contributed by atoms with van der Waals surface area (Å²) in [6.07, 6.45) is 3.16. The van der Waals surface area contributed by atoms with Crippen molar-refractivity contribution in [2.24, 2.45) is 11.7 Å². The number of carbonyl (C=O) groups excluding carboxylic acids is 4. The molecule has 1 heterocycles. The molecule has 16 heteroatoms. The molecule has 0 saturated heterocycles. The minimum atomic E-state index is -1.58. The molecule has 0 aliphatic carbocycles. The number of H-pyrrole nitrogens is 1. The minimum Gasteiger partial charge on any atom is -0.508 e. The lowest BCUT2D eigenvalue weighted by Crippen LogP contribution is -2.61. The fourth-order valence-electron chi connectivity index (χ4n) is 3.95. The van der Waals surface area contributed by atoms with E-state index in [-0.39, 0.29) is 18.6 Å². The van der Waals surface area contributed by atoms with Crippen molar-refractivity contribution < 1.29 is 44.4 Å². The zero-order valence-corrected chi connectivity index (χ0v) is 23.8. The number of amides is 4. The SMILES string of the molecule is CC[C@H](C)[C@H](NC(=O)[C@H](CO)NC(=O)[C@H](CO)NC(=O)[C@@H](N)Cc1ccc(O)cc1)C(=O)N[C@@H](Cc1cnc[nH]1)C(=O)O. The Morgan fingerprint density at radius 3 is 1.93 bits per heavy atom. The number of aliphatic hydroxyl groups is 2. The summed E-state index contributed by atoms with van der Waals surface area (Å²) in [7, 11) is 0. The second-order valence-electron chi connectivity index (χ2n) is 10.0. The molecule has 4 amide bonds. The van der Waals surface area contributed by atoms with Crippen molar-refractivity contribution in [3.8, 4) is 5.75 Å². The number of hydrogen-bond donors (Lipinski definition) is 10. The van der Waals surface area contributed by atoms with Crippen molar-refractivity contribution in [2.75, 3.05) is 13.2 Å². The Morgan fingerprint density at radius 1 is 0.860 bits per heavy atom.